The zero-order chi connectivity index (χ0) is 15.4. The summed E-state index contributed by atoms with van der Waals surface area (Å²) in [4.78, 5) is 23.1. The Labute approximate surface area is 125 Å². The molecule has 0 atom stereocenters. The number of anilines is 1. The van der Waals surface area contributed by atoms with Crippen LogP contribution in [0.15, 0.2) is 30.6 Å². The Kier molecular flexibility index (Phi) is 4.44. The standard InChI is InChI=1S/C13H12ClN3O4/c1-21-12(19)7-17-6-9(5-15-17)16-13(20)10-4-8(14)2-3-11(10)18/h2-6,18H,7H2,1H3,(H,16,20). The highest BCUT2D eigenvalue weighted by molar-refractivity contribution is 6.31. The van der Waals surface area contributed by atoms with E-state index in [1.54, 1.807) is 0 Å². The van der Waals surface area contributed by atoms with E-state index < -0.39 is 11.9 Å². The lowest BCUT2D eigenvalue weighted by molar-refractivity contribution is -0.141. The first kappa shape index (κ1) is 14.9. The molecule has 0 saturated carbocycles. The average Bonchev–Trinajstić information content (AvgIpc) is 2.88. The number of nitrogens with zero attached hydrogens (tertiary/aromatic N) is 2. The number of carbonyl (C=O) groups is 2. The molecule has 21 heavy (non-hydrogen) atoms. The molecule has 110 valence electrons. The summed E-state index contributed by atoms with van der Waals surface area (Å²) in [7, 11) is 1.27. The van der Waals surface area contributed by atoms with Gasteiger partial charge in [0.1, 0.15) is 12.3 Å². The summed E-state index contributed by atoms with van der Waals surface area (Å²) in [6.07, 6.45) is 2.85. The zero-order valence-corrected chi connectivity index (χ0v) is 11.8. The SMILES string of the molecule is COC(=O)Cn1cc(NC(=O)c2cc(Cl)ccc2O)cn1. The molecule has 0 spiro atoms. The predicted octanol–water partition coefficient (Wildman–Crippen LogP) is 1.67. The van der Waals surface area contributed by atoms with Crippen molar-refractivity contribution in [2.75, 3.05) is 12.4 Å². The van der Waals surface area contributed by atoms with Crippen molar-refractivity contribution in [2.24, 2.45) is 0 Å². The molecular formula is C13H12ClN3O4. The fraction of sp³-hybridized carbons (Fsp3) is 0.154. The minimum Gasteiger partial charge on any atom is -0.507 e. The Morgan fingerprint density at radius 3 is 2.95 bits per heavy atom. The monoisotopic (exact) mass is 309 g/mol. The van der Waals surface area contributed by atoms with Crippen LogP contribution in [0.2, 0.25) is 5.02 Å². The van der Waals surface area contributed by atoms with Crippen molar-refractivity contribution in [3.63, 3.8) is 0 Å². The van der Waals surface area contributed by atoms with Gasteiger partial charge in [0.15, 0.2) is 0 Å². The number of ether oxygens (including phenoxy) is 1. The van der Waals surface area contributed by atoms with Crippen molar-refractivity contribution < 1.29 is 19.4 Å². The van der Waals surface area contributed by atoms with Crippen molar-refractivity contribution in [1.29, 1.82) is 0 Å². The van der Waals surface area contributed by atoms with Gasteiger partial charge in [0, 0.05) is 11.2 Å². The molecule has 2 rings (SSSR count). The van der Waals surface area contributed by atoms with Crippen molar-refractivity contribution >= 4 is 29.2 Å². The average molecular weight is 310 g/mol. The molecule has 2 N–H and O–H groups in total. The van der Waals surface area contributed by atoms with E-state index in [9.17, 15) is 14.7 Å². The Morgan fingerprint density at radius 2 is 2.24 bits per heavy atom. The zero-order valence-electron chi connectivity index (χ0n) is 11.0. The van der Waals surface area contributed by atoms with Crippen molar-refractivity contribution in [2.45, 2.75) is 6.54 Å². The molecule has 7 nitrogen and oxygen atoms in total. The third-order valence-corrected chi connectivity index (χ3v) is 2.85. The second-order valence-electron chi connectivity index (χ2n) is 4.12. The summed E-state index contributed by atoms with van der Waals surface area (Å²) in [5.74, 6) is -1.17. The number of halogens is 1. The van der Waals surface area contributed by atoms with Gasteiger partial charge in [-0.05, 0) is 18.2 Å². The molecule has 0 bridgehead atoms. The predicted molar refractivity (Wildman–Crippen MR) is 75.3 cm³/mol. The number of esters is 1. The van der Waals surface area contributed by atoms with E-state index in [1.165, 1.54) is 42.4 Å². The largest absolute Gasteiger partial charge is 0.507 e. The van der Waals surface area contributed by atoms with Crippen LogP contribution >= 0.6 is 11.6 Å². The Morgan fingerprint density at radius 1 is 1.48 bits per heavy atom. The van der Waals surface area contributed by atoms with Crippen LogP contribution < -0.4 is 5.32 Å². The molecule has 1 heterocycles. The lowest BCUT2D eigenvalue weighted by Gasteiger charge is -2.05. The number of phenols is 1. The van der Waals surface area contributed by atoms with Crippen molar-refractivity contribution in [3.05, 3.63) is 41.2 Å². The molecule has 0 unspecified atom stereocenters. The lowest BCUT2D eigenvalue weighted by Crippen LogP contribution is -2.13. The number of aromatic hydroxyl groups is 1. The van der Waals surface area contributed by atoms with Gasteiger partial charge in [-0.1, -0.05) is 11.6 Å². The van der Waals surface area contributed by atoms with Crippen LogP contribution in [0.1, 0.15) is 10.4 Å². The van der Waals surface area contributed by atoms with Gasteiger partial charge >= 0.3 is 5.97 Å². The van der Waals surface area contributed by atoms with Crippen LogP contribution in [0.3, 0.4) is 0 Å². The maximum absolute atomic E-state index is 12.0. The quantitative estimate of drug-likeness (QED) is 0.838. The van der Waals surface area contributed by atoms with E-state index in [4.69, 9.17) is 11.6 Å². The Hall–Kier alpha value is -2.54. The van der Waals surface area contributed by atoms with Gasteiger partial charge in [-0.2, -0.15) is 5.10 Å². The van der Waals surface area contributed by atoms with E-state index in [0.29, 0.717) is 10.7 Å². The van der Waals surface area contributed by atoms with Crippen LogP contribution in [0, 0.1) is 0 Å². The molecule has 0 aliphatic rings. The van der Waals surface area contributed by atoms with E-state index >= 15 is 0 Å². The fourth-order valence-electron chi connectivity index (χ4n) is 1.60. The second-order valence-corrected chi connectivity index (χ2v) is 4.55. The summed E-state index contributed by atoms with van der Waals surface area (Å²) >= 11 is 5.78. The first-order valence-electron chi connectivity index (χ1n) is 5.88. The lowest BCUT2D eigenvalue weighted by atomic mass is 10.2. The van der Waals surface area contributed by atoms with Gasteiger partial charge < -0.3 is 15.2 Å². The summed E-state index contributed by atoms with van der Waals surface area (Å²) in [6.45, 7) is -0.0607. The van der Waals surface area contributed by atoms with E-state index in [1.807, 2.05) is 0 Å². The van der Waals surface area contributed by atoms with Crippen molar-refractivity contribution in [3.8, 4) is 5.75 Å². The first-order valence-corrected chi connectivity index (χ1v) is 6.26. The number of hydrogen-bond acceptors (Lipinski definition) is 5. The maximum Gasteiger partial charge on any atom is 0.327 e. The molecule has 1 amide bonds. The molecule has 8 heteroatoms. The summed E-state index contributed by atoms with van der Waals surface area (Å²) in [5.41, 5.74) is 0.423. The minimum atomic E-state index is -0.535. The number of rotatable bonds is 4. The molecule has 0 saturated heterocycles. The topological polar surface area (TPSA) is 93.5 Å². The third-order valence-electron chi connectivity index (χ3n) is 2.61. The number of hydrogen-bond donors (Lipinski definition) is 2. The minimum absolute atomic E-state index is 0.0446. The number of carbonyl (C=O) groups excluding carboxylic acids is 2. The number of benzene rings is 1. The fourth-order valence-corrected chi connectivity index (χ4v) is 1.77. The molecule has 1 aromatic carbocycles. The first-order chi connectivity index (χ1) is 9.99. The number of nitrogens with one attached hydrogen (secondary N) is 1. The van der Waals surface area contributed by atoms with E-state index in [0.717, 1.165) is 0 Å². The highest BCUT2D eigenvalue weighted by Crippen LogP contribution is 2.22. The molecule has 1 aromatic heterocycles. The molecular weight excluding hydrogens is 298 g/mol. The summed E-state index contributed by atoms with van der Waals surface area (Å²) in [6, 6.07) is 4.16. The van der Waals surface area contributed by atoms with Crippen LogP contribution in [0.25, 0.3) is 0 Å². The number of aromatic nitrogens is 2. The summed E-state index contributed by atoms with van der Waals surface area (Å²) < 4.78 is 5.83. The van der Waals surface area contributed by atoms with Gasteiger partial charge in [-0.25, -0.2) is 0 Å². The molecule has 2 aromatic rings. The number of phenolic OH excluding ortho intramolecular Hbond substituents is 1. The highest BCUT2D eigenvalue weighted by atomic mass is 35.5. The second kappa shape index (κ2) is 6.27. The molecule has 0 aliphatic heterocycles. The normalized spacial score (nSPS) is 10.2. The van der Waals surface area contributed by atoms with Crippen LogP contribution in [-0.4, -0.2) is 33.9 Å². The highest BCUT2D eigenvalue weighted by Gasteiger charge is 2.13. The van der Waals surface area contributed by atoms with Crippen molar-refractivity contribution in [1.82, 2.24) is 9.78 Å². The van der Waals surface area contributed by atoms with Gasteiger partial charge in [0.05, 0.1) is 24.6 Å². The van der Waals surface area contributed by atoms with E-state index in [-0.39, 0.29) is 17.9 Å². The summed E-state index contributed by atoms with van der Waals surface area (Å²) in [5, 5.41) is 16.4. The van der Waals surface area contributed by atoms with E-state index in [2.05, 4.69) is 15.2 Å². The van der Waals surface area contributed by atoms with Crippen LogP contribution in [-0.2, 0) is 16.1 Å². The van der Waals surface area contributed by atoms with Gasteiger partial charge in [0.2, 0.25) is 0 Å². The smallest absolute Gasteiger partial charge is 0.327 e. The number of methoxy groups -OCH3 is 1. The Balaban J connectivity index is 2.09. The van der Waals surface area contributed by atoms with Gasteiger partial charge in [-0.3, -0.25) is 14.3 Å². The third kappa shape index (κ3) is 3.73. The molecule has 0 aliphatic carbocycles. The van der Waals surface area contributed by atoms with Gasteiger partial charge in [-0.15, -0.1) is 0 Å². The maximum atomic E-state index is 12.0. The molecule has 0 radical (unpaired) electrons. The van der Waals surface area contributed by atoms with Crippen LogP contribution in [0.5, 0.6) is 5.75 Å². The Bertz CT molecular complexity index is 684. The number of amides is 1. The van der Waals surface area contributed by atoms with Gasteiger partial charge in [0.25, 0.3) is 5.91 Å². The van der Waals surface area contributed by atoms with Crippen LogP contribution in [0.4, 0.5) is 5.69 Å². The molecule has 0 fully saturated rings.